The average Bonchev–Trinajstić information content (AvgIpc) is 2.76. The standard InChI is InChI=1S/C18H17N3O2/c22-17-19(12-6-2-1-3-7-12)18(23)21-16-9-5-4-8-15(20(17)21)13-10-11-14(13)16/h1-9,13-16H,10-11H2/b8-4-,9-5-. The Labute approximate surface area is 132 Å². The molecule has 2 bridgehead atoms. The third-order valence-corrected chi connectivity index (χ3v) is 5.57. The zero-order chi connectivity index (χ0) is 15.6. The van der Waals surface area contributed by atoms with Crippen LogP contribution in [0.15, 0.2) is 64.2 Å². The molecule has 0 N–H and O–H groups in total. The minimum absolute atomic E-state index is 0.0138. The van der Waals surface area contributed by atoms with Gasteiger partial charge in [0.15, 0.2) is 0 Å². The van der Waals surface area contributed by atoms with Crippen LogP contribution in [0.3, 0.4) is 0 Å². The number of nitrogens with zero attached hydrogens (tertiary/aromatic N) is 3. The molecule has 0 radical (unpaired) electrons. The van der Waals surface area contributed by atoms with Crippen molar-refractivity contribution < 1.29 is 0 Å². The first-order chi connectivity index (χ1) is 11.3. The molecule has 4 unspecified atom stereocenters. The van der Waals surface area contributed by atoms with Gasteiger partial charge < -0.3 is 0 Å². The number of rotatable bonds is 1. The molecule has 0 amide bonds. The summed E-state index contributed by atoms with van der Waals surface area (Å²) in [5.41, 5.74) is 0.164. The highest BCUT2D eigenvalue weighted by Gasteiger charge is 2.48. The Morgan fingerprint density at radius 2 is 1.30 bits per heavy atom. The number of para-hydroxylation sites is 1. The van der Waals surface area contributed by atoms with E-state index in [9.17, 15) is 9.59 Å². The monoisotopic (exact) mass is 307 g/mol. The molecule has 5 rings (SSSR count). The highest BCUT2D eigenvalue weighted by molar-refractivity contribution is 5.31. The van der Waals surface area contributed by atoms with Gasteiger partial charge in [-0.1, -0.05) is 42.5 Å². The van der Waals surface area contributed by atoms with Crippen molar-refractivity contribution in [1.29, 1.82) is 0 Å². The second-order valence-electron chi connectivity index (χ2n) is 6.58. The predicted octanol–water partition coefficient (Wildman–Crippen LogP) is 2.05. The molecule has 23 heavy (non-hydrogen) atoms. The number of hydrogen-bond acceptors (Lipinski definition) is 2. The van der Waals surface area contributed by atoms with Crippen molar-refractivity contribution in [3.8, 4) is 5.69 Å². The Morgan fingerprint density at radius 1 is 0.783 bits per heavy atom. The Balaban J connectivity index is 1.84. The number of allylic oxidation sites excluding steroid dienone is 4. The van der Waals surface area contributed by atoms with Gasteiger partial charge in [0.25, 0.3) is 0 Å². The molecule has 3 aliphatic rings. The van der Waals surface area contributed by atoms with Gasteiger partial charge in [0.2, 0.25) is 0 Å². The topological polar surface area (TPSA) is 48.9 Å². The molecule has 2 aromatic rings. The van der Waals surface area contributed by atoms with Crippen molar-refractivity contribution in [1.82, 2.24) is 13.9 Å². The molecule has 0 saturated heterocycles. The summed E-state index contributed by atoms with van der Waals surface area (Å²) in [5.74, 6) is 0.926. The van der Waals surface area contributed by atoms with Gasteiger partial charge in [0.05, 0.1) is 17.8 Å². The molecule has 3 heterocycles. The Kier molecular flexibility index (Phi) is 2.52. The summed E-state index contributed by atoms with van der Waals surface area (Å²) >= 11 is 0. The molecule has 1 aliphatic carbocycles. The first kappa shape index (κ1) is 12.9. The minimum atomic E-state index is -0.235. The van der Waals surface area contributed by atoms with Crippen molar-refractivity contribution in [2.45, 2.75) is 24.9 Å². The van der Waals surface area contributed by atoms with Gasteiger partial charge in [-0.2, -0.15) is 0 Å². The molecule has 1 fully saturated rings. The summed E-state index contributed by atoms with van der Waals surface area (Å²) in [7, 11) is 0. The molecule has 1 aromatic heterocycles. The van der Waals surface area contributed by atoms with E-state index in [0.717, 1.165) is 12.8 Å². The summed E-state index contributed by atoms with van der Waals surface area (Å²) in [6, 6.07) is 9.16. The van der Waals surface area contributed by atoms with E-state index >= 15 is 0 Å². The van der Waals surface area contributed by atoms with Crippen molar-refractivity contribution in [3.63, 3.8) is 0 Å². The van der Waals surface area contributed by atoms with Crippen LogP contribution in [-0.2, 0) is 0 Å². The lowest BCUT2D eigenvalue weighted by molar-refractivity contribution is 0.0274. The second-order valence-corrected chi connectivity index (χ2v) is 6.58. The molecular weight excluding hydrogens is 290 g/mol. The Bertz CT molecular complexity index is 887. The second kappa shape index (κ2) is 4.47. The maximum atomic E-state index is 13.0. The largest absolute Gasteiger partial charge is 0.352 e. The SMILES string of the molecule is O=c1n(-c2ccccc2)c(=O)n2n1C1/C=C\C=C/C2C2CCC21. The quantitative estimate of drug-likeness (QED) is 0.809. The minimum Gasteiger partial charge on any atom is -0.245 e. The van der Waals surface area contributed by atoms with Crippen LogP contribution in [-0.4, -0.2) is 13.9 Å². The third kappa shape index (κ3) is 1.57. The zero-order valence-corrected chi connectivity index (χ0v) is 12.6. The van der Waals surface area contributed by atoms with Crippen molar-refractivity contribution in [3.05, 3.63) is 75.6 Å². The van der Waals surface area contributed by atoms with E-state index in [1.807, 2.05) is 30.4 Å². The van der Waals surface area contributed by atoms with Crippen LogP contribution in [0.2, 0.25) is 0 Å². The number of hydrogen-bond donors (Lipinski definition) is 0. The zero-order valence-electron chi connectivity index (χ0n) is 12.6. The fourth-order valence-corrected chi connectivity index (χ4v) is 4.38. The highest BCUT2D eigenvalue weighted by atomic mass is 16.2. The fourth-order valence-electron chi connectivity index (χ4n) is 4.38. The first-order valence-corrected chi connectivity index (χ1v) is 8.14. The normalized spacial score (nSPS) is 33.0. The van der Waals surface area contributed by atoms with Gasteiger partial charge in [-0.15, -0.1) is 0 Å². The predicted molar refractivity (Wildman–Crippen MR) is 86.9 cm³/mol. The molecule has 4 atom stereocenters. The number of fused-ring (bicyclic) bond motifs is 3. The lowest BCUT2D eigenvalue weighted by Gasteiger charge is -2.49. The molecular formula is C18H17N3O2. The van der Waals surface area contributed by atoms with E-state index < -0.39 is 0 Å². The van der Waals surface area contributed by atoms with Crippen LogP contribution in [0.4, 0.5) is 0 Å². The van der Waals surface area contributed by atoms with Gasteiger partial charge in [-0.3, -0.25) is 0 Å². The summed E-state index contributed by atoms with van der Waals surface area (Å²) in [6.07, 6.45) is 10.4. The van der Waals surface area contributed by atoms with Gasteiger partial charge in [-0.25, -0.2) is 23.5 Å². The summed E-state index contributed by atoms with van der Waals surface area (Å²) in [6.45, 7) is 0. The van der Waals surface area contributed by atoms with Gasteiger partial charge in [-0.05, 0) is 36.8 Å². The third-order valence-electron chi connectivity index (χ3n) is 5.57. The van der Waals surface area contributed by atoms with E-state index in [1.165, 1.54) is 4.57 Å². The molecule has 116 valence electrons. The highest BCUT2D eigenvalue weighted by Crippen LogP contribution is 2.51. The van der Waals surface area contributed by atoms with Crippen LogP contribution in [0.1, 0.15) is 24.9 Å². The van der Waals surface area contributed by atoms with E-state index in [2.05, 4.69) is 12.2 Å². The number of benzene rings is 1. The maximum Gasteiger partial charge on any atom is 0.352 e. The van der Waals surface area contributed by atoms with Crippen LogP contribution in [0.25, 0.3) is 5.69 Å². The van der Waals surface area contributed by atoms with Gasteiger partial charge in [0.1, 0.15) is 0 Å². The lowest BCUT2D eigenvalue weighted by atomic mass is 9.64. The van der Waals surface area contributed by atoms with Gasteiger partial charge in [0, 0.05) is 0 Å². The van der Waals surface area contributed by atoms with Crippen molar-refractivity contribution in [2.24, 2.45) is 11.8 Å². The van der Waals surface area contributed by atoms with Crippen molar-refractivity contribution in [2.75, 3.05) is 0 Å². The van der Waals surface area contributed by atoms with Crippen LogP contribution in [0, 0.1) is 11.8 Å². The van der Waals surface area contributed by atoms with Crippen LogP contribution < -0.4 is 11.4 Å². The van der Waals surface area contributed by atoms with E-state index in [-0.39, 0.29) is 23.5 Å². The Hall–Kier alpha value is -2.56. The Morgan fingerprint density at radius 3 is 1.78 bits per heavy atom. The smallest absolute Gasteiger partial charge is 0.245 e. The van der Waals surface area contributed by atoms with Gasteiger partial charge >= 0.3 is 11.4 Å². The number of aromatic nitrogens is 3. The molecule has 1 saturated carbocycles. The molecule has 2 aliphatic heterocycles. The summed E-state index contributed by atoms with van der Waals surface area (Å²) in [4.78, 5) is 26.0. The molecule has 1 aromatic carbocycles. The fraction of sp³-hybridized carbons (Fsp3) is 0.333. The van der Waals surface area contributed by atoms with E-state index in [4.69, 9.17) is 0 Å². The summed E-state index contributed by atoms with van der Waals surface area (Å²) in [5, 5.41) is 0. The first-order valence-electron chi connectivity index (χ1n) is 8.14. The van der Waals surface area contributed by atoms with E-state index in [0.29, 0.717) is 17.5 Å². The van der Waals surface area contributed by atoms with Crippen molar-refractivity contribution >= 4 is 0 Å². The molecule has 5 nitrogen and oxygen atoms in total. The van der Waals surface area contributed by atoms with Crippen LogP contribution in [0.5, 0.6) is 0 Å². The van der Waals surface area contributed by atoms with Crippen LogP contribution >= 0.6 is 0 Å². The van der Waals surface area contributed by atoms with E-state index in [1.54, 1.807) is 21.5 Å². The maximum absolute atomic E-state index is 13.0. The summed E-state index contributed by atoms with van der Waals surface area (Å²) < 4.78 is 4.67. The molecule has 0 spiro atoms. The lowest BCUT2D eigenvalue weighted by Crippen LogP contribution is -2.50. The average molecular weight is 307 g/mol. The molecule has 5 heteroatoms.